The van der Waals surface area contributed by atoms with Crippen LogP contribution in [-0.4, -0.2) is 35.0 Å². The first-order valence-electron chi connectivity index (χ1n) is 7.34. The smallest absolute Gasteiger partial charge is 0.271 e. The first-order chi connectivity index (χ1) is 10.1. The second-order valence-corrected chi connectivity index (χ2v) is 7.06. The topological polar surface area (TPSA) is 54.0 Å². The van der Waals surface area contributed by atoms with Crippen molar-refractivity contribution in [2.24, 2.45) is 0 Å². The van der Waals surface area contributed by atoms with Crippen molar-refractivity contribution in [3.63, 3.8) is 0 Å². The number of halogens is 1. The number of hydrogen-bond donors (Lipinski definition) is 2. The van der Waals surface area contributed by atoms with Gasteiger partial charge in [0.25, 0.3) is 5.91 Å². The minimum absolute atomic E-state index is 0.194. The third-order valence-corrected chi connectivity index (χ3v) is 5.61. The number of nitrogens with zero attached hydrogens (tertiary/aromatic N) is 1. The summed E-state index contributed by atoms with van der Waals surface area (Å²) in [6.45, 7) is 3.58. The lowest BCUT2D eigenvalue weighted by atomic mass is 9.84. The Balaban J connectivity index is 2.00. The molecule has 1 saturated carbocycles. The maximum absolute atomic E-state index is 12.3. The molecule has 0 spiro atoms. The van der Waals surface area contributed by atoms with Gasteiger partial charge in [-0.2, -0.15) is 11.8 Å². The second kappa shape index (κ2) is 7.36. The molecule has 6 heteroatoms. The van der Waals surface area contributed by atoms with Crippen LogP contribution < -0.4 is 10.6 Å². The van der Waals surface area contributed by atoms with Crippen molar-refractivity contribution < 1.29 is 4.79 Å². The van der Waals surface area contributed by atoms with E-state index in [9.17, 15) is 4.79 Å². The molecule has 0 radical (unpaired) electrons. The van der Waals surface area contributed by atoms with E-state index in [0.717, 1.165) is 25.8 Å². The van der Waals surface area contributed by atoms with Crippen LogP contribution in [0.5, 0.6) is 0 Å². The molecule has 0 aromatic carbocycles. The SMILES string of the molecule is CCCNc1ccc(Cl)c(C(=O)NCC2(SC)CCC2)n1. The Bertz CT molecular complexity index is 500. The van der Waals surface area contributed by atoms with Gasteiger partial charge in [-0.05, 0) is 37.7 Å². The van der Waals surface area contributed by atoms with E-state index in [1.54, 1.807) is 12.1 Å². The van der Waals surface area contributed by atoms with Crippen LogP contribution in [0.1, 0.15) is 43.1 Å². The number of carbonyl (C=O) groups is 1. The number of rotatable bonds is 7. The molecule has 1 aromatic rings. The molecule has 1 aliphatic rings. The highest BCUT2D eigenvalue weighted by Crippen LogP contribution is 2.42. The van der Waals surface area contributed by atoms with E-state index < -0.39 is 0 Å². The number of thioether (sulfide) groups is 1. The number of hydrogen-bond acceptors (Lipinski definition) is 4. The molecular weight excluding hydrogens is 306 g/mol. The second-order valence-electron chi connectivity index (χ2n) is 5.38. The fourth-order valence-corrected chi connectivity index (χ4v) is 3.41. The molecule has 2 N–H and O–H groups in total. The first-order valence-corrected chi connectivity index (χ1v) is 8.94. The van der Waals surface area contributed by atoms with Crippen LogP contribution >= 0.6 is 23.4 Å². The summed E-state index contributed by atoms with van der Waals surface area (Å²) in [5.41, 5.74) is 0.299. The van der Waals surface area contributed by atoms with Crippen LogP contribution in [0.3, 0.4) is 0 Å². The van der Waals surface area contributed by atoms with Crippen molar-refractivity contribution in [3.05, 3.63) is 22.8 Å². The van der Waals surface area contributed by atoms with Crippen molar-refractivity contribution in [1.29, 1.82) is 0 Å². The lowest BCUT2D eigenvalue weighted by molar-refractivity contribution is 0.0939. The van der Waals surface area contributed by atoms with Crippen LogP contribution in [0, 0.1) is 0 Å². The van der Waals surface area contributed by atoms with Crippen molar-refractivity contribution in [2.45, 2.75) is 37.4 Å². The summed E-state index contributed by atoms with van der Waals surface area (Å²) in [7, 11) is 0. The summed E-state index contributed by atoms with van der Waals surface area (Å²) < 4.78 is 0.209. The fourth-order valence-electron chi connectivity index (χ4n) is 2.30. The Morgan fingerprint density at radius 3 is 2.81 bits per heavy atom. The number of anilines is 1. The van der Waals surface area contributed by atoms with Crippen molar-refractivity contribution in [2.75, 3.05) is 24.7 Å². The van der Waals surface area contributed by atoms with Gasteiger partial charge >= 0.3 is 0 Å². The van der Waals surface area contributed by atoms with Gasteiger partial charge in [0.05, 0.1) is 5.02 Å². The molecule has 4 nitrogen and oxygen atoms in total. The molecule has 116 valence electrons. The first kappa shape index (κ1) is 16.4. The quantitative estimate of drug-likeness (QED) is 0.804. The molecule has 1 amide bonds. The molecule has 1 aliphatic carbocycles. The largest absolute Gasteiger partial charge is 0.370 e. The van der Waals surface area contributed by atoms with E-state index in [2.05, 4.69) is 28.8 Å². The van der Waals surface area contributed by atoms with E-state index >= 15 is 0 Å². The lowest BCUT2D eigenvalue weighted by Crippen LogP contribution is -2.45. The number of pyridine rings is 1. The van der Waals surface area contributed by atoms with E-state index in [1.807, 2.05) is 11.8 Å². The van der Waals surface area contributed by atoms with Crippen molar-refractivity contribution in [3.8, 4) is 0 Å². The average Bonchev–Trinajstić information content (AvgIpc) is 2.45. The Hall–Kier alpha value is -0.940. The van der Waals surface area contributed by atoms with Gasteiger partial charge in [-0.15, -0.1) is 0 Å². The molecule has 0 atom stereocenters. The van der Waals surface area contributed by atoms with Crippen LogP contribution in [0.25, 0.3) is 0 Å². The zero-order valence-electron chi connectivity index (χ0n) is 12.5. The number of nitrogens with one attached hydrogen (secondary N) is 2. The van der Waals surface area contributed by atoms with Crippen molar-refractivity contribution in [1.82, 2.24) is 10.3 Å². The van der Waals surface area contributed by atoms with Gasteiger partial charge in [-0.25, -0.2) is 4.98 Å². The molecule has 1 aromatic heterocycles. The number of amides is 1. The Labute approximate surface area is 135 Å². The molecule has 0 bridgehead atoms. The van der Waals surface area contributed by atoms with Crippen LogP contribution in [0.2, 0.25) is 5.02 Å². The zero-order chi connectivity index (χ0) is 15.3. The molecule has 1 fully saturated rings. The third kappa shape index (κ3) is 4.04. The minimum atomic E-state index is -0.194. The van der Waals surface area contributed by atoms with Crippen molar-refractivity contribution >= 4 is 35.1 Å². The maximum Gasteiger partial charge on any atom is 0.271 e. The summed E-state index contributed by atoms with van der Waals surface area (Å²) in [6, 6.07) is 3.51. The van der Waals surface area contributed by atoms with Gasteiger partial charge in [0.2, 0.25) is 0 Å². The number of aromatic nitrogens is 1. The van der Waals surface area contributed by atoms with E-state index in [0.29, 0.717) is 23.1 Å². The molecular formula is C15H22ClN3OS. The fraction of sp³-hybridized carbons (Fsp3) is 0.600. The van der Waals surface area contributed by atoms with Gasteiger partial charge in [0.1, 0.15) is 11.5 Å². The van der Waals surface area contributed by atoms with Gasteiger partial charge < -0.3 is 10.6 Å². The highest BCUT2D eigenvalue weighted by molar-refractivity contribution is 8.00. The Morgan fingerprint density at radius 2 is 2.24 bits per heavy atom. The average molecular weight is 328 g/mol. The highest BCUT2D eigenvalue weighted by atomic mass is 35.5. The van der Waals surface area contributed by atoms with Crippen LogP contribution in [-0.2, 0) is 0 Å². The van der Waals surface area contributed by atoms with Gasteiger partial charge in [0.15, 0.2) is 0 Å². The summed E-state index contributed by atoms with van der Waals surface area (Å²) in [6.07, 6.45) is 6.67. The van der Waals surface area contributed by atoms with Gasteiger partial charge in [-0.1, -0.05) is 24.9 Å². The zero-order valence-corrected chi connectivity index (χ0v) is 14.1. The number of carbonyl (C=O) groups excluding carboxylic acids is 1. The molecule has 0 aliphatic heterocycles. The molecule has 21 heavy (non-hydrogen) atoms. The predicted octanol–water partition coefficient (Wildman–Crippen LogP) is 3.57. The van der Waals surface area contributed by atoms with Crippen LogP contribution in [0.4, 0.5) is 5.82 Å². The highest BCUT2D eigenvalue weighted by Gasteiger charge is 2.36. The van der Waals surface area contributed by atoms with E-state index in [1.165, 1.54) is 6.42 Å². The summed E-state index contributed by atoms with van der Waals surface area (Å²) in [5.74, 6) is 0.495. The molecule has 0 saturated heterocycles. The monoisotopic (exact) mass is 327 g/mol. The minimum Gasteiger partial charge on any atom is -0.370 e. The van der Waals surface area contributed by atoms with E-state index in [4.69, 9.17) is 11.6 Å². The Morgan fingerprint density at radius 1 is 1.48 bits per heavy atom. The standard InChI is InChI=1S/C15H22ClN3OS/c1-3-9-17-12-6-5-11(16)13(19-12)14(20)18-10-15(21-2)7-4-8-15/h5-6H,3-4,7-10H2,1-2H3,(H,17,19)(H,18,20). The normalized spacial score (nSPS) is 16.1. The summed E-state index contributed by atoms with van der Waals surface area (Å²) in [5, 5.41) is 6.54. The maximum atomic E-state index is 12.3. The summed E-state index contributed by atoms with van der Waals surface area (Å²) >= 11 is 7.93. The van der Waals surface area contributed by atoms with Gasteiger partial charge in [0, 0.05) is 17.8 Å². The third-order valence-electron chi connectivity index (χ3n) is 3.89. The molecule has 0 unspecified atom stereocenters. The van der Waals surface area contributed by atoms with Gasteiger partial charge in [-0.3, -0.25) is 4.79 Å². The lowest BCUT2D eigenvalue weighted by Gasteiger charge is -2.40. The molecule has 2 rings (SSSR count). The van der Waals surface area contributed by atoms with E-state index in [-0.39, 0.29) is 10.7 Å². The van der Waals surface area contributed by atoms with Crippen LogP contribution in [0.15, 0.2) is 12.1 Å². The molecule has 1 heterocycles. The Kier molecular flexibility index (Phi) is 5.76. The predicted molar refractivity (Wildman–Crippen MR) is 90.5 cm³/mol. The summed E-state index contributed by atoms with van der Waals surface area (Å²) in [4.78, 5) is 16.6.